The zero-order valence-corrected chi connectivity index (χ0v) is 22.4. The summed E-state index contributed by atoms with van der Waals surface area (Å²) in [5.74, 6) is 1.61. The predicted octanol–water partition coefficient (Wildman–Crippen LogP) is 4.41. The first-order valence-corrected chi connectivity index (χ1v) is 13.9. The standard InChI is InChI=1S/C29H37N5O4/c1-3-23-27(33(4-2)26(35)14-11-21-8-5-6-9-21)34-20-22(12-13-25(34)30-23)28(36)31-15-17-32(18-16-31)29(37)24-10-7-19-38-24/h7,10,12-13,19-21H,3-6,8-9,11,14-18H2,1-2H3. The zero-order chi connectivity index (χ0) is 26.6. The Kier molecular flexibility index (Phi) is 7.81. The first-order chi connectivity index (χ1) is 18.5. The second-order valence-corrected chi connectivity index (χ2v) is 10.3. The summed E-state index contributed by atoms with van der Waals surface area (Å²) >= 11 is 0. The lowest BCUT2D eigenvalue weighted by Crippen LogP contribution is -2.50. The number of furan rings is 1. The van der Waals surface area contributed by atoms with Crippen molar-refractivity contribution in [3.8, 4) is 0 Å². The highest BCUT2D eigenvalue weighted by molar-refractivity contribution is 5.96. The molecule has 0 spiro atoms. The molecule has 3 aromatic heterocycles. The fraction of sp³-hybridized carbons (Fsp3) is 0.517. The molecule has 0 aromatic carbocycles. The van der Waals surface area contributed by atoms with Gasteiger partial charge in [-0.05, 0) is 49.9 Å². The number of pyridine rings is 1. The summed E-state index contributed by atoms with van der Waals surface area (Å²) in [5, 5.41) is 0. The largest absolute Gasteiger partial charge is 0.459 e. The molecule has 5 rings (SSSR count). The Morgan fingerprint density at radius 1 is 1.00 bits per heavy atom. The second kappa shape index (κ2) is 11.4. The minimum Gasteiger partial charge on any atom is -0.459 e. The Morgan fingerprint density at radius 2 is 1.71 bits per heavy atom. The van der Waals surface area contributed by atoms with Crippen LogP contribution in [0, 0.1) is 5.92 Å². The van der Waals surface area contributed by atoms with E-state index in [9.17, 15) is 14.4 Å². The Morgan fingerprint density at radius 3 is 2.34 bits per heavy atom. The average molecular weight is 520 g/mol. The van der Waals surface area contributed by atoms with Crippen molar-refractivity contribution in [2.75, 3.05) is 37.6 Å². The lowest BCUT2D eigenvalue weighted by Gasteiger charge is -2.34. The fourth-order valence-electron chi connectivity index (χ4n) is 5.79. The van der Waals surface area contributed by atoms with Crippen LogP contribution in [0.15, 0.2) is 41.1 Å². The van der Waals surface area contributed by atoms with Crippen LogP contribution in [0.4, 0.5) is 5.82 Å². The predicted molar refractivity (Wildman–Crippen MR) is 144 cm³/mol. The molecule has 9 nitrogen and oxygen atoms in total. The quantitative estimate of drug-likeness (QED) is 0.440. The highest BCUT2D eigenvalue weighted by atomic mass is 16.3. The van der Waals surface area contributed by atoms with E-state index in [0.717, 1.165) is 23.6 Å². The summed E-state index contributed by atoms with van der Waals surface area (Å²) in [6.07, 6.45) is 10.5. The molecule has 2 fully saturated rings. The molecule has 1 saturated carbocycles. The number of piperazine rings is 1. The van der Waals surface area contributed by atoms with Gasteiger partial charge in [0.2, 0.25) is 5.91 Å². The van der Waals surface area contributed by atoms with E-state index in [1.54, 1.807) is 28.0 Å². The molecule has 1 aliphatic heterocycles. The molecule has 1 saturated heterocycles. The molecule has 0 atom stereocenters. The number of anilines is 1. The van der Waals surface area contributed by atoms with Crippen LogP contribution in [0.3, 0.4) is 0 Å². The van der Waals surface area contributed by atoms with Gasteiger partial charge in [0.25, 0.3) is 11.8 Å². The molecular formula is C29H37N5O4. The van der Waals surface area contributed by atoms with Gasteiger partial charge in [-0.15, -0.1) is 0 Å². The van der Waals surface area contributed by atoms with Crippen LogP contribution < -0.4 is 4.90 Å². The summed E-state index contributed by atoms with van der Waals surface area (Å²) in [6.45, 7) is 6.37. The van der Waals surface area contributed by atoms with Gasteiger partial charge in [-0.1, -0.05) is 32.6 Å². The van der Waals surface area contributed by atoms with Gasteiger partial charge in [-0.25, -0.2) is 4.98 Å². The molecule has 0 N–H and O–H groups in total. The van der Waals surface area contributed by atoms with E-state index in [-0.39, 0.29) is 17.7 Å². The van der Waals surface area contributed by atoms with Crippen molar-refractivity contribution in [1.29, 1.82) is 0 Å². The number of hydrogen-bond donors (Lipinski definition) is 0. The van der Waals surface area contributed by atoms with Crippen molar-refractivity contribution in [3.05, 3.63) is 53.7 Å². The minimum atomic E-state index is -0.157. The van der Waals surface area contributed by atoms with Gasteiger partial charge in [0.1, 0.15) is 11.5 Å². The lowest BCUT2D eigenvalue weighted by atomic mass is 10.0. The van der Waals surface area contributed by atoms with Crippen molar-refractivity contribution >= 4 is 29.2 Å². The topological polar surface area (TPSA) is 91.4 Å². The van der Waals surface area contributed by atoms with Crippen molar-refractivity contribution in [3.63, 3.8) is 0 Å². The van der Waals surface area contributed by atoms with Crippen molar-refractivity contribution in [1.82, 2.24) is 19.2 Å². The van der Waals surface area contributed by atoms with Gasteiger partial charge in [0.05, 0.1) is 17.5 Å². The van der Waals surface area contributed by atoms with Gasteiger partial charge in [-0.3, -0.25) is 23.7 Å². The highest BCUT2D eigenvalue weighted by Crippen LogP contribution is 2.30. The van der Waals surface area contributed by atoms with E-state index in [0.29, 0.717) is 62.8 Å². The van der Waals surface area contributed by atoms with E-state index in [2.05, 4.69) is 0 Å². The van der Waals surface area contributed by atoms with Gasteiger partial charge in [0.15, 0.2) is 5.76 Å². The number of aryl methyl sites for hydroxylation is 1. The summed E-state index contributed by atoms with van der Waals surface area (Å²) in [6, 6.07) is 7.00. The third-order valence-electron chi connectivity index (χ3n) is 7.94. The second-order valence-electron chi connectivity index (χ2n) is 10.3. The molecule has 0 unspecified atom stereocenters. The van der Waals surface area contributed by atoms with E-state index < -0.39 is 0 Å². The van der Waals surface area contributed by atoms with Gasteiger partial charge in [0, 0.05) is 45.3 Å². The number of imidazole rings is 1. The van der Waals surface area contributed by atoms with Crippen LogP contribution in [0.2, 0.25) is 0 Å². The first-order valence-electron chi connectivity index (χ1n) is 13.9. The first kappa shape index (κ1) is 26.0. The Labute approximate surface area is 223 Å². The number of nitrogens with zero attached hydrogens (tertiary/aromatic N) is 5. The van der Waals surface area contributed by atoms with Gasteiger partial charge >= 0.3 is 0 Å². The van der Waals surface area contributed by atoms with E-state index in [1.165, 1.54) is 31.9 Å². The number of fused-ring (bicyclic) bond motifs is 1. The van der Waals surface area contributed by atoms with Crippen LogP contribution in [-0.2, 0) is 11.2 Å². The lowest BCUT2D eigenvalue weighted by molar-refractivity contribution is -0.118. The minimum absolute atomic E-state index is 0.0923. The van der Waals surface area contributed by atoms with E-state index in [4.69, 9.17) is 9.40 Å². The average Bonchev–Trinajstić information content (AvgIpc) is 3.73. The maximum absolute atomic E-state index is 13.4. The molecule has 3 amide bonds. The van der Waals surface area contributed by atoms with Crippen LogP contribution >= 0.6 is 0 Å². The molecule has 38 heavy (non-hydrogen) atoms. The number of rotatable bonds is 8. The zero-order valence-electron chi connectivity index (χ0n) is 22.4. The SMILES string of the molecule is CCc1nc2ccc(C(=O)N3CCN(C(=O)c4ccco4)CC3)cn2c1N(CC)C(=O)CCC1CCCC1. The molecule has 0 bridgehead atoms. The number of amides is 3. The molecule has 2 aliphatic rings. The molecule has 9 heteroatoms. The fourth-order valence-corrected chi connectivity index (χ4v) is 5.79. The Balaban J connectivity index is 1.32. The molecule has 1 aliphatic carbocycles. The summed E-state index contributed by atoms with van der Waals surface area (Å²) in [5.41, 5.74) is 2.12. The number of hydrogen-bond acceptors (Lipinski definition) is 5. The van der Waals surface area contributed by atoms with Crippen molar-refractivity contribution in [2.45, 2.75) is 58.8 Å². The Hall–Kier alpha value is -3.62. The molecule has 4 heterocycles. The maximum atomic E-state index is 13.4. The van der Waals surface area contributed by atoms with Crippen LogP contribution in [0.1, 0.15) is 79.0 Å². The van der Waals surface area contributed by atoms with E-state index >= 15 is 0 Å². The Bertz CT molecular complexity index is 1280. The number of aromatic nitrogens is 2. The number of carbonyl (C=O) groups is 3. The summed E-state index contributed by atoms with van der Waals surface area (Å²) < 4.78 is 7.14. The highest BCUT2D eigenvalue weighted by Gasteiger charge is 2.28. The summed E-state index contributed by atoms with van der Waals surface area (Å²) in [7, 11) is 0. The third kappa shape index (κ3) is 5.19. The summed E-state index contributed by atoms with van der Waals surface area (Å²) in [4.78, 5) is 49.5. The number of carbonyl (C=O) groups excluding carboxylic acids is 3. The van der Waals surface area contributed by atoms with Gasteiger partial charge in [-0.2, -0.15) is 0 Å². The molecular weight excluding hydrogens is 482 g/mol. The van der Waals surface area contributed by atoms with Gasteiger partial charge < -0.3 is 14.2 Å². The van der Waals surface area contributed by atoms with Crippen LogP contribution in [0.5, 0.6) is 0 Å². The normalized spacial score (nSPS) is 16.4. The molecule has 0 radical (unpaired) electrons. The van der Waals surface area contributed by atoms with Crippen LogP contribution in [0.25, 0.3) is 5.65 Å². The van der Waals surface area contributed by atoms with Crippen LogP contribution in [-0.4, -0.2) is 69.6 Å². The van der Waals surface area contributed by atoms with Crippen molar-refractivity contribution in [2.24, 2.45) is 5.92 Å². The molecule has 202 valence electrons. The smallest absolute Gasteiger partial charge is 0.289 e. The van der Waals surface area contributed by atoms with Crippen molar-refractivity contribution < 1.29 is 18.8 Å². The molecule has 3 aromatic rings. The maximum Gasteiger partial charge on any atom is 0.289 e. The van der Waals surface area contributed by atoms with E-state index in [1.807, 2.05) is 35.4 Å². The third-order valence-corrected chi connectivity index (χ3v) is 7.94. The monoisotopic (exact) mass is 519 g/mol.